The summed E-state index contributed by atoms with van der Waals surface area (Å²) in [5.74, 6) is -0.490. The van der Waals surface area contributed by atoms with Crippen LogP contribution in [0.5, 0.6) is 0 Å². The van der Waals surface area contributed by atoms with Crippen LogP contribution in [-0.2, 0) is 9.59 Å². The minimum atomic E-state index is -0.400. The first-order chi connectivity index (χ1) is 9.54. The van der Waals surface area contributed by atoms with Gasteiger partial charge < -0.3 is 10.4 Å². The van der Waals surface area contributed by atoms with Crippen molar-refractivity contribution in [2.24, 2.45) is 0 Å². The number of aliphatic hydroxyl groups is 1. The van der Waals surface area contributed by atoms with Crippen LogP contribution in [-0.4, -0.2) is 35.0 Å². The summed E-state index contributed by atoms with van der Waals surface area (Å²) in [7, 11) is 0. The number of amides is 2. The van der Waals surface area contributed by atoms with Crippen LogP contribution >= 0.6 is 0 Å². The molecule has 20 heavy (non-hydrogen) atoms. The smallest absolute Gasteiger partial charge is 0.277 e. The van der Waals surface area contributed by atoms with E-state index in [1.807, 2.05) is 24.3 Å². The number of aliphatic hydroxyl groups excluding tert-OH is 1. The summed E-state index contributed by atoms with van der Waals surface area (Å²) in [6.07, 6.45) is 1.27. The molecule has 0 aromatic heterocycles. The van der Waals surface area contributed by atoms with Gasteiger partial charge in [0.25, 0.3) is 11.8 Å². The van der Waals surface area contributed by atoms with Crippen molar-refractivity contribution in [2.75, 3.05) is 18.5 Å². The quantitative estimate of drug-likeness (QED) is 0.798. The Hall–Kier alpha value is -2.14. The van der Waals surface area contributed by atoms with Crippen molar-refractivity contribution in [3.63, 3.8) is 0 Å². The van der Waals surface area contributed by atoms with Crippen molar-refractivity contribution in [3.8, 4) is 0 Å². The van der Waals surface area contributed by atoms with Crippen LogP contribution in [0.1, 0.15) is 25.3 Å². The van der Waals surface area contributed by atoms with Crippen LogP contribution < -0.4 is 5.32 Å². The number of imide groups is 1. The number of anilines is 1. The van der Waals surface area contributed by atoms with Gasteiger partial charge in [0.1, 0.15) is 5.70 Å². The van der Waals surface area contributed by atoms with E-state index in [4.69, 9.17) is 5.11 Å². The average Bonchev–Trinajstić information content (AvgIpc) is 2.67. The Morgan fingerprint density at radius 3 is 2.60 bits per heavy atom. The van der Waals surface area contributed by atoms with E-state index in [1.54, 1.807) is 0 Å². The molecule has 1 aromatic rings. The summed E-state index contributed by atoms with van der Waals surface area (Å²) in [4.78, 5) is 24.8. The van der Waals surface area contributed by atoms with E-state index in [0.29, 0.717) is 5.92 Å². The van der Waals surface area contributed by atoms with E-state index >= 15 is 0 Å². The van der Waals surface area contributed by atoms with Crippen molar-refractivity contribution >= 4 is 17.5 Å². The molecule has 106 valence electrons. The molecule has 1 aromatic carbocycles. The fourth-order valence-corrected chi connectivity index (χ4v) is 2.17. The molecule has 5 nitrogen and oxygen atoms in total. The molecule has 1 heterocycles. The van der Waals surface area contributed by atoms with Crippen molar-refractivity contribution in [3.05, 3.63) is 41.6 Å². The van der Waals surface area contributed by atoms with E-state index in [-0.39, 0.29) is 18.8 Å². The molecule has 0 saturated heterocycles. The molecular weight excluding hydrogens is 256 g/mol. The lowest BCUT2D eigenvalue weighted by atomic mass is 10.0. The minimum absolute atomic E-state index is 0.0190. The molecular formula is C15H18N2O3. The van der Waals surface area contributed by atoms with Crippen LogP contribution in [0.3, 0.4) is 0 Å². The zero-order valence-electron chi connectivity index (χ0n) is 11.6. The topological polar surface area (TPSA) is 69.6 Å². The van der Waals surface area contributed by atoms with E-state index in [2.05, 4.69) is 19.2 Å². The van der Waals surface area contributed by atoms with E-state index < -0.39 is 11.8 Å². The summed E-state index contributed by atoms with van der Waals surface area (Å²) in [5, 5.41) is 11.9. The second-order valence-electron chi connectivity index (χ2n) is 4.94. The third-order valence-electron chi connectivity index (χ3n) is 3.19. The number of carbonyl (C=O) groups excluding carboxylic acids is 2. The first-order valence-electron chi connectivity index (χ1n) is 6.59. The van der Waals surface area contributed by atoms with Gasteiger partial charge in [0.2, 0.25) is 0 Å². The summed E-state index contributed by atoms with van der Waals surface area (Å²) >= 11 is 0. The first kappa shape index (κ1) is 14.3. The zero-order valence-corrected chi connectivity index (χ0v) is 11.6. The standard InChI is InChI=1S/C15H18N2O3/c1-10(2)11-5-3-4-6-12(11)16-13-9-14(19)17(7-8-18)15(13)20/h3-6,9-10,16,18H,7-8H2,1-2H3. The number of benzene rings is 1. The molecule has 0 unspecified atom stereocenters. The number of para-hydroxylation sites is 1. The molecule has 2 amide bonds. The molecule has 0 spiro atoms. The molecule has 0 atom stereocenters. The third kappa shape index (κ3) is 2.72. The lowest BCUT2D eigenvalue weighted by Crippen LogP contribution is -2.34. The lowest BCUT2D eigenvalue weighted by molar-refractivity contribution is -0.137. The van der Waals surface area contributed by atoms with Crippen molar-refractivity contribution in [1.29, 1.82) is 0 Å². The third-order valence-corrected chi connectivity index (χ3v) is 3.19. The lowest BCUT2D eigenvalue weighted by Gasteiger charge is -2.16. The van der Waals surface area contributed by atoms with Gasteiger partial charge in [-0.25, -0.2) is 0 Å². The monoisotopic (exact) mass is 274 g/mol. The summed E-state index contributed by atoms with van der Waals surface area (Å²) in [6, 6.07) is 7.68. The highest BCUT2D eigenvalue weighted by molar-refractivity contribution is 6.17. The van der Waals surface area contributed by atoms with Gasteiger partial charge in [-0.2, -0.15) is 0 Å². The Kier molecular flexibility index (Phi) is 4.20. The summed E-state index contributed by atoms with van der Waals surface area (Å²) < 4.78 is 0. The fourth-order valence-electron chi connectivity index (χ4n) is 2.17. The molecule has 0 bridgehead atoms. The summed E-state index contributed by atoms with van der Waals surface area (Å²) in [6.45, 7) is 3.91. The normalized spacial score (nSPS) is 15.0. The van der Waals surface area contributed by atoms with Crippen LogP contribution in [0.4, 0.5) is 5.69 Å². The molecule has 0 aliphatic carbocycles. The molecule has 2 rings (SSSR count). The number of nitrogens with one attached hydrogen (secondary N) is 1. The maximum absolute atomic E-state index is 12.1. The van der Waals surface area contributed by atoms with Crippen molar-refractivity contribution in [1.82, 2.24) is 4.90 Å². The second-order valence-corrected chi connectivity index (χ2v) is 4.94. The Bertz CT molecular complexity index is 564. The van der Waals surface area contributed by atoms with Gasteiger partial charge in [-0.15, -0.1) is 0 Å². The second kappa shape index (κ2) is 5.88. The molecule has 0 saturated carbocycles. The van der Waals surface area contributed by atoms with E-state index in [0.717, 1.165) is 16.2 Å². The maximum atomic E-state index is 12.1. The summed E-state index contributed by atoms with van der Waals surface area (Å²) in [5.41, 5.74) is 2.14. The first-order valence-corrected chi connectivity index (χ1v) is 6.59. The highest BCUT2D eigenvalue weighted by Crippen LogP contribution is 2.26. The largest absolute Gasteiger partial charge is 0.395 e. The molecule has 1 aliphatic heterocycles. The highest BCUT2D eigenvalue weighted by Gasteiger charge is 2.30. The molecule has 1 aliphatic rings. The molecule has 0 fully saturated rings. The van der Waals surface area contributed by atoms with E-state index in [1.165, 1.54) is 6.08 Å². The zero-order chi connectivity index (χ0) is 14.7. The van der Waals surface area contributed by atoms with E-state index in [9.17, 15) is 9.59 Å². The number of rotatable bonds is 5. The molecule has 5 heteroatoms. The predicted octanol–water partition coefficient (Wildman–Crippen LogP) is 1.47. The van der Waals surface area contributed by atoms with Crippen molar-refractivity contribution < 1.29 is 14.7 Å². The van der Waals surface area contributed by atoms with Gasteiger partial charge in [0.15, 0.2) is 0 Å². The van der Waals surface area contributed by atoms with Gasteiger partial charge >= 0.3 is 0 Å². The highest BCUT2D eigenvalue weighted by atomic mass is 16.3. The minimum Gasteiger partial charge on any atom is -0.395 e. The molecule has 0 radical (unpaired) electrons. The van der Waals surface area contributed by atoms with Gasteiger partial charge in [-0.05, 0) is 17.5 Å². The van der Waals surface area contributed by atoms with Gasteiger partial charge in [0, 0.05) is 11.8 Å². The predicted molar refractivity (Wildman–Crippen MR) is 76.0 cm³/mol. The van der Waals surface area contributed by atoms with Crippen LogP contribution in [0.25, 0.3) is 0 Å². The SMILES string of the molecule is CC(C)c1ccccc1NC1=CC(=O)N(CCO)C1=O. The average molecular weight is 274 g/mol. The van der Waals surface area contributed by atoms with Gasteiger partial charge in [0.05, 0.1) is 13.2 Å². The van der Waals surface area contributed by atoms with Crippen LogP contribution in [0.2, 0.25) is 0 Å². The molecule has 2 N–H and O–H groups in total. The Morgan fingerprint density at radius 2 is 1.95 bits per heavy atom. The van der Waals surface area contributed by atoms with Crippen LogP contribution in [0, 0.1) is 0 Å². The van der Waals surface area contributed by atoms with Crippen molar-refractivity contribution in [2.45, 2.75) is 19.8 Å². The van der Waals surface area contributed by atoms with Gasteiger partial charge in [-0.3, -0.25) is 14.5 Å². The number of β-amino-alcohol motifs (C(OH)–C–C–N with tert-alkyl or cyclic N) is 1. The Balaban J connectivity index is 2.22. The van der Waals surface area contributed by atoms with Gasteiger partial charge in [-0.1, -0.05) is 32.0 Å². The van der Waals surface area contributed by atoms with Crippen LogP contribution in [0.15, 0.2) is 36.0 Å². The Labute approximate surface area is 117 Å². The Morgan fingerprint density at radius 1 is 1.25 bits per heavy atom. The number of carbonyl (C=O) groups is 2. The number of nitrogens with zero attached hydrogens (tertiary/aromatic N) is 1. The number of hydrogen-bond acceptors (Lipinski definition) is 4. The maximum Gasteiger partial charge on any atom is 0.277 e. The fraction of sp³-hybridized carbons (Fsp3) is 0.333. The number of hydrogen-bond donors (Lipinski definition) is 2.